The van der Waals surface area contributed by atoms with Crippen LogP contribution in [-0.4, -0.2) is 0 Å². The molecule has 0 aromatic heterocycles. The molecule has 0 bridgehead atoms. The molecule has 16 heteroatoms. The van der Waals surface area contributed by atoms with Gasteiger partial charge in [0, 0.05) is 20.1 Å². The fraction of sp³-hybridized carbons (Fsp3) is 0. The van der Waals surface area contributed by atoms with E-state index in [0.29, 0.717) is 43.1 Å². The van der Waals surface area contributed by atoms with Crippen LogP contribution in [0.25, 0.3) is 0 Å². The van der Waals surface area contributed by atoms with Crippen molar-refractivity contribution in [2.24, 2.45) is 24.6 Å². The topological polar surface area (TPSA) is 126 Å². The van der Waals surface area contributed by atoms with Gasteiger partial charge in [-0.3, -0.25) is 11.0 Å². The zero-order chi connectivity index (χ0) is 28.4. The predicted molar refractivity (Wildman–Crippen MR) is 165 cm³/mol. The van der Waals surface area contributed by atoms with E-state index in [1.807, 2.05) is 0 Å². The maximum Gasteiger partial charge on any atom is 0.457 e. The average Bonchev–Trinajstić information content (AvgIpc) is 2.89. The molecular formula is C24H20Cl4N5O4P3. The summed E-state index contributed by atoms with van der Waals surface area (Å²) >= 11 is 24.3. The normalized spacial score (nSPS) is 16.4. The van der Waals surface area contributed by atoms with E-state index in [2.05, 4.69) is 9.03 Å². The Hall–Kier alpha value is -2.15. The van der Waals surface area contributed by atoms with Crippen LogP contribution in [0.4, 0.5) is 0 Å². The third-order valence-electron chi connectivity index (χ3n) is 4.89. The van der Waals surface area contributed by atoms with Crippen LogP contribution in [-0.2, 0) is 0 Å². The van der Waals surface area contributed by atoms with Crippen molar-refractivity contribution in [1.82, 2.24) is 0 Å². The highest BCUT2D eigenvalue weighted by Gasteiger charge is 2.43. The van der Waals surface area contributed by atoms with Gasteiger partial charge in [-0.1, -0.05) is 50.9 Å². The summed E-state index contributed by atoms with van der Waals surface area (Å²) in [6, 6.07) is 26.3. The minimum Gasteiger partial charge on any atom is -0.413 e. The second kappa shape index (κ2) is 12.0. The smallest absolute Gasteiger partial charge is 0.413 e. The number of hydrogen-bond donors (Lipinski definition) is 2. The minimum atomic E-state index is -3.78. The summed E-state index contributed by atoms with van der Waals surface area (Å²) in [6.07, 6.45) is 0. The van der Waals surface area contributed by atoms with E-state index in [-0.39, 0.29) is 0 Å². The molecule has 0 fully saturated rings. The number of nitrogens with two attached hydrogens (primary N) is 2. The van der Waals surface area contributed by atoms with Crippen molar-refractivity contribution < 1.29 is 18.1 Å². The van der Waals surface area contributed by atoms with Crippen LogP contribution in [0.15, 0.2) is 111 Å². The second-order valence-electron chi connectivity index (χ2n) is 8.13. The summed E-state index contributed by atoms with van der Waals surface area (Å²) in [5.41, 5.74) is 13.0. The number of benzene rings is 4. The minimum absolute atomic E-state index is 0.345. The summed E-state index contributed by atoms with van der Waals surface area (Å²) in [6.45, 7) is 0. The van der Waals surface area contributed by atoms with Crippen molar-refractivity contribution >= 4 is 69.2 Å². The zero-order valence-electron chi connectivity index (χ0n) is 20.2. The standard InChI is InChI=1S/C24H20Cl4N5O4P3/c25-17-1-9-21(10-2-17)34-39(35-22-11-3-18(26)4-12-22)31-38(29,30)32-40(33-39,36-23-13-5-19(27)6-14-23)37-24-15-7-20(28)8-16-24/h1-16H,29-30H2. The van der Waals surface area contributed by atoms with Gasteiger partial charge in [-0.05, 0) is 97.1 Å². The summed E-state index contributed by atoms with van der Waals surface area (Å²) in [4.78, 5) is 0. The Labute approximate surface area is 251 Å². The monoisotopic (exact) mass is 675 g/mol. The molecular weight excluding hydrogens is 657 g/mol. The number of hydrogen-bond acceptors (Lipinski definition) is 9. The Morgan fingerprint density at radius 3 is 0.925 bits per heavy atom. The van der Waals surface area contributed by atoms with E-state index in [1.54, 1.807) is 97.1 Å². The van der Waals surface area contributed by atoms with Crippen molar-refractivity contribution in [3.8, 4) is 23.0 Å². The molecule has 0 saturated carbocycles. The van der Waals surface area contributed by atoms with E-state index in [9.17, 15) is 0 Å². The van der Waals surface area contributed by atoms with Gasteiger partial charge in [-0.2, -0.15) is 0 Å². The van der Waals surface area contributed by atoms with Gasteiger partial charge in [0.1, 0.15) is 23.0 Å². The molecule has 4 aromatic rings. The molecule has 0 saturated heterocycles. The SMILES string of the molecule is NP1(N)=NP(Oc2ccc(Cl)cc2)(Oc2ccc(Cl)cc2)=NP(Oc2ccc(Cl)cc2)(Oc2ccc(Cl)cc2)=N1. The number of nitrogens with zero attached hydrogens (tertiary/aromatic N) is 3. The van der Waals surface area contributed by atoms with E-state index in [4.69, 9.17) is 80.0 Å². The lowest BCUT2D eigenvalue weighted by Gasteiger charge is -2.31. The molecule has 208 valence electrons. The zero-order valence-corrected chi connectivity index (χ0v) is 25.9. The van der Waals surface area contributed by atoms with Crippen molar-refractivity contribution in [2.75, 3.05) is 0 Å². The molecule has 40 heavy (non-hydrogen) atoms. The second-order valence-corrected chi connectivity index (χ2v) is 16.1. The van der Waals surface area contributed by atoms with E-state index < -0.39 is 22.8 Å². The molecule has 4 N–H and O–H groups in total. The average molecular weight is 677 g/mol. The van der Waals surface area contributed by atoms with Crippen LogP contribution in [0, 0.1) is 0 Å². The van der Waals surface area contributed by atoms with Crippen molar-refractivity contribution in [3.63, 3.8) is 0 Å². The lowest BCUT2D eigenvalue weighted by Crippen LogP contribution is -2.12. The molecule has 0 amide bonds. The Bertz CT molecular complexity index is 1480. The van der Waals surface area contributed by atoms with Crippen LogP contribution < -0.4 is 29.1 Å². The van der Waals surface area contributed by atoms with Crippen molar-refractivity contribution in [1.29, 1.82) is 0 Å². The molecule has 4 aromatic carbocycles. The van der Waals surface area contributed by atoms with Crippen LogP contribution in [0.3, 0.4) is 0 Å². The molecule has 5 rings (SSSR count). The molecule has 1 heterocycles. The van der Waals surface area contributed by atoms with Gasteiger partial charge in [0.2, 0.25) is 7.51 Å². The fourth-order valence-electron chi connectivity index (χ4n) is 3.27. The molecule has 1 aliphatic rings. The highest BCUT2D eigenvalue weighted by molar-refractivity contribution is 7.80. The molecule has 0 aliphatic carbocycles. The highest BCUT2D eigenvalue weighted by atomic mass is 35.5. The van der Waals surface area contributed by atoms with Gasteiger partial charge in [-0.15, -0.1) is 9.03 Å². The maximum absolute atomic E-state index is 6.49. The highest BCUT2D eigenvalue weighted by Crippen LogP contribution is 2.74. The largest absolute Gasteiger partial charge is 0.457 e. The van der Waals surface area contributed by atoms with Crippen LogP contribution >= 0.6 is 69.2 Å². The summed E-state index contributed by atoms with van der Waals surface area (Å²) < 4.78 is 39.3. The predicted octanol–water partition coefficient (Wildman–Crippen LogP) is 10.7. The van der Waals surface area contributed by atoms with E-state index >= 15 is 0 Å². The molecule has 9 nitrogen and oxygen atoms in total. The van der Waals surface area contributed by atoms with Crippen LogP contribution in [0.2, 0.25) is 20.1 Å². The quantitative estimate of drug-likeness (QED) is 0.179. The first-order valence-corrected chi connectivity index (χ1v) is 17.7. The maximum atomic E-state index is 6.49. The van der Waals surface area contributed by atoms with E-state index in [0.717, 1.165) is 0 Å². The van der Waals surface area contributed by atoms with Crippen LogP contribution in [0.1, 0.15) is 0 Å². The van der Waals surface area contributed by atoms with Gasteiger partial charge >= 0.3 is 15.3 Å². The van der Waals surface area contributed by atoms with Gasteiger partial charge in [0.25, 0.3) is 0 Å². The van der Waals surface area contributed by atoms with Crippen molar-refractivity contribution in [2.45, 2.75) is 0 Å². The Kier molecular flexibility index (Phi) is 8.80. The van der Waals surface area contributed by atoms with Gasteiger partial charge in [0.05, 0.1) is 0 Å². The first-order chi connectivity index (χ1) is 19.0. The summed E-state index contributed by atoms with van der Waals surface area (Å²) in [5.74, 6) is 1.38. The van der Waals surface area contributed by atoms with Crippen LogP contribution in [0.5, 0.6) is 23.0 Å². The Morgan fingerprint density at radius 1 is 0.400 bits per heavy atom. The van der Waals surface area contributed by atoms with Gasteiger partial charge in [-0.25, -0.2) is 0 Å². The Balaban J connectivity index is 1.72. The van der Waals surface area contributed by atoms with Gasteiger partial charge < -0.3 is 18.1 Å². The first kappa shape index (κ1) is 29.3. The number of rotatable bonds is 8. The molecule has 0 radical (unpaired) electrons. The molecule has 1 aliphatic heterocycles. The molecule has 0 unspecified atom stereocenters. The lowest BCUT2D eigenvalue weighted by molar-refractivity contribution is 0.460. The van der Waals surface area contributed by atoms with Gasteiger partial charge in [0.15, 0.2) is 0 Å². The summed E-state index contributed by atoms with van der Waals surface area (Å²) in [5, 5.41) is 2.02. The third-order valence-corrected chi connectivity index (χ3v) is 13.6. The summed E-state index contributed by atoms with van der Waals surface area (Å²) in [7, 11) is -11.1. The number of halogens is 4. The molecule has 0 spiro atoms. The van der Waals surface area contributed by atoms with Crippen molar-refractivity contribution in [3.05, 3.63) is 117 Å². The Morgan fingerprint density at radius 2 is 0.650 bits per heavy atom. The third kappa shape index (κ3) is 7.57. The molecule has 0 atom stereocenters. The lowest BCUT2D eigenvalue weighted by atomic mass is 10.3. The fourth-order valence-corrected chi connectivity index (χ4v) is 12.0. The first-order valence-electron chi connectivity index (χ1n) is 11.3. The van der Waals surface area contributed by atoms with E-state index in [1.165, 1.54) is 0 Å².